The van der Waals surface area contributed by atoms with Gasteiger partial charge in [0.25, 0.3) is 11.9 Å². The number of fused-ring (bicyclic) bond motifs is 1. The number of oxazole rings is 1. The molecule has 37 heavy (non-hydrogen) atoms. The van der Waals surface area contributed by atoms with Crippen molar-refractivity contribution in [1.82, 2.24) is 30.0 Å². The third kappa shape index (κ3) is 5.54. The Hall–Kier alpha value is -4.03. The molecular weight excluding hydrogens is 474 g/mol. The first-order valence-electron chi connectivity index (χ1n) is 12.3. The second-order valence-corrected chi connectivity index (χ2v) is 9.48. The highest BCUT2D eigenvalue weighted by Crippen LogP contribution is 2.31. The van der Waals surface area contributed by atoms with E-state index in [1.165, 1.54) is 0 Å². The molecule has 0 spiro atoms. The van der Waals surface area contributed by atoms with E-state index in [1.807, 2.05) is 44.2 Å². The van der Waals surface area contributed by atoms with Gasteiger partial charge < -0.3 is 30.4 Å². The second kappa shape index (κ2) is 10.1. The molecule has 0 bridgehead atoms. The molecule has 0 saturated carbocycles. The molecule has 0 aromatic carbocycles. The van der Waals surface area contributed by atoms with Gasteiger partial charge in [0.2, 0.25) is 5.65 Å². The third-order valence-electron chi connectivity index (χ3n) is 6.39. The molecule has 4 N–H and O–H groups in total. The molecule has 194 valence electrons. The Kier molecular flexibility index (Phi) is 6.76. The lowest BCUT2D eigenvalue weighted by Gasteiger charge is -2.37. The summed E-state index contributed by atoms with van der Waals surface area (Å²) in [5.74, 6) is 0.545. The molecule has 4 aromatic rings. The van der Waals surface area contributed by atoms with Gasteiger partial charge in [-0.15, -0.1) is 0 Å². The zero-order chi connectivity index (χ0) is 26.0. The molecule has 0 unspecified atom stereocenters. The zero-order valence-corrected chi connectivity index (χ0v) is 21.2. The molecule has 0 aliphatic carbocycles. The van der Waals surface area contributed by atoms with Crippen molar-refractivity contribution in [2.45, 2.75) is 25.4 Å². The quantitative estimate of drug-likeness (QED) is 0.263. The summed E-state index contributed by atoms with van der Waals surface area (Å²) in [6.07, 6.45) is 4.72. The lowest BCUT2D eigenvalue weighted by Crippen LogP contribution is -2.43. The standard InChI is InChI=1S/C25H31N9O3/c1-25(36)7-11-34(12-8-25)22-17(13-19-21(31-22)32-24(37-19)27-10-9-26-2)23(35)30-20-6-4-5-18(29-20)16-14-28-33(3)15-16/h4-6,13-15,26,36H,7-12H2,1-3H3,(H,27,31,32)(H,29,30,35). The lowest BCUT2D eigenvalue weighted by atomic mass is 9.93. The molecule has 1 saturated heterocycles. The number of hydrogen-bond donors (Lipinski definition) is 4. The molecule has 1 aliphatic heterocycles. The summed E-state index contributed by atoms with van der Waals surface area (Å²) < 4.78 is 7.53. The van der Waals surface area contributed by atoms with Crippen molar-refractivity contribution < 1.29 is 14.3 Å². The number of carbonyl (C=O) groups excluding carboxylic acids is 1. The number of likely N-dealkylation sites (N-methyl/N-ethyl adjacent to an activating group) is 1. The van der Waals surface area contributed by atoms with Gasteiger partial charge in [0, 0.05) is 51.1 Å². The minimum absolute atomic E-state index is 0.341. The first-order chi connectivity index (χ1) is 17.8. The highest BCUT2D eigenvalue weighted by Gasteiger charge is 2.31. The fraction of sp³-hybridized carbons (Fsp3) is 0.400. The van der Waals surface area contributed by atoms with Gasteiger partial charge in [0.1, 0.15) is 11.6 Å². The maximum absolute atomic E-state index is 13.5. The number of anilines is 3. The van der Waals surface area contributed by atoms with E-state index >= 15 is 0 Å². The first kappa shape index (κ1) is 24.7. The molecule has 1 aliphatic rings. The number of piperidine rings is 1. The summed E-state index contributed by atoms with van der Waals surface area (Å²) in [6, 6.07) is 7.44. The maximum Gasteiger partial charge on any atom is 0.297 e. The number of nitrogens with zero attached hydrogens (tertiary/aromatic N) is 6. The summed E-state index contributed by atoms with van der Waals surface area (Å²) in [4.78, 5) is 29.3. The van der Waals surface area contributed by atoms with Gasteiger partial charge in [-0.2, -0.15) is 10.1 Å². The molecule has 0 atom stereocenters. The normalized spacial score (nSPS) is 15.2. The largest absolute Gasteiger partial charge is 0.422 e. The minimum Gasteiger partial charge on any atom is -0.422 e. The van der Waals surface area contributed by atoms with Crippen LogP contribution in [0.25, 0.3) is 22.5 Å². The van der Waals surface area contributed by atoms with E-state index in [1.54, 1.807) is 23.0 Å². The number of pyridine rings is 2. The number of amides is 1. The van der Waals surface area contributed by atoms with Crippen LogP contribution in [0.4, 0.5) is 17.7 Å². The van der Waals surface area contributed by atoms with Gasteiger partial charge in [-0.1, -0.05) is 6.07 Å². The van der Waals surface area contributed by atoms with E-state index in [2.05, 4.69) is 31.0 Å². The average Bonchev–Trinajstić information content (AvgIpc) is 3.49. The Balaban J connectivity index is 1.46. The van der Waals surface area contributed by atoms with Crippen LogP contribution >= 0.6 is 0 Å². The molecule has 1 fully saturated rings. The zero-order valence-electron chi connectivity index (χ0n) is 21.2. The van der Waals surface area contributed by atoms with Gasteiger partial charge >= 0.3 is 0 Å². The van der Waals surface area contributed by atoms with Gasteiger partial charge in [-0.05, 0) is 38.9 Å². The van der Waals surface area contributed by atoms with Crippen molar-refractivity contribution in [1.29, 1.82) is 0 Å². The van der Waals surface area contributed by atoms with Crippen LogP contribution in [-0.4, -0.2) is 74.6 Å². The summed E-state index contributed by atoms with van der Waals surface area (Å²) >= 11 is 0. The Morgan fingerprint density at radius 3 is 2.73 bits per heavy atom. The van der Waals surface area contributed by atoms with Crippen LogP contribution in [0.1, 0.15) is 30.1 Å². The summed E-state index contributed by atoms with van der Waals surface area (Å²) in [7, 11) is 3.70. The topological polar surface area (TPSA) is 146 Å². The van der Waals surface area contributed by atoms with Crippen LogP contribution in [0.5, 0.6) is 0 Å². The van der Waals surface area contributed by atoms with E-state index in [4.69, 9.17) is 9.40 Å². The van der Waals surface area contributed by atoms with Crippen molar-refractivity contribution in [2.75, 3.05) is 48.8 Å². The third-order valence-corrected chi connectivity index (χ3v) is 6.39. The predicted molar refractivity (Wildman–Crippen MR) is 141 cm³/mol. The van der Waals surface area contributed by atoms with Crippen LogP contribution in [0.15, 0.2) is 41.1 Å². The molecule has 4 aromatic heterocycles. The molecule has 12 heteroatoms. The minimum atomic E-state index is -0.738. The predicted octanol–water partition coefficient (Wildman–Crippen LogP) is 2.25. The Morgan fingerprint density at radius 2 is 2.00 bits per heavy atom. The summed E-state index contributed by atoms with van der Waals surface area (Å²) in [5.41, 5.74) is 1.97. The van der Waals surface area contributed by atoms with Gasteiger partial charge in [-0.25, -0.2) is 9.97 Å². The van der Waals surface area contributed by atoms with Crippen LogP contribution in [0.2, 0.25) is 0 Å². The highest BCUT2D eigenvalue weighted by molar-refractivity contribution is 6.08. The molecule has 12 nitrogen and oxygen atoms in total. The fourth-order valence-electron chi connectivity index (χ4n) is 4.23. The monoisotopic (exact) mass is 505 g/mol. The van der Waals surface area contributed by atoms with Gasteiger partial charge in [-0.3, -0.25) is 9.48 Å². The van der Waals surface area contributed by atoms with Crippen LogP contribution in [0.3, 0.4) is 0 Å². The van der Waals surface area contributed by atoms with Crippen LogP contribution < -0.4 is 20.9 Å². The maximum atomic E-state index is 13.5. The van der Waals surface area contributed by atoms with E-state index in [0.717, 1.165) is 12.1 Å². The Morgan fingerprint density at radius 1 is 1.19 bits per heavy atom. The first-order valence-corrected chi connectivity index (χ1v) is 12.3. The van der Waals surface area contributed by atoms with Gasteiger partial charge in [0.05, 0.1) is 23.1 Å². The lowest BCUT2D eigenvalue weighted by molar-refractivity contribution is 0.0350. The highest BCUT2D eigenvalue weighted by atomic mass is 16.4. The summed E-state index contributed by atoms with van der Waals surface area (Å²) in [5, 5.41) is 23.7. The smallest absolute Gasteiger partial charge is 0.297 e. The van der Waals surface area contributed by atoms with E-state index in [0.29, 0.717) is 72.6 Å². The SMILES string of the molecule is CNCCNc1nc2nc(N3CCC(C)(O)CC3)c(C(=O)Nc3cccc(-c4cnn(C)c4)n3)cc2o1. The van der Waals surface area contributed by atoms with Gasteiger partial charge in [0.15, 0.2) is 5.58 Å². The Labute approximate surface area is 214 Å². The van der Waals surface area contributed by atoms with Crippen LogP contribution in [-0.2, 0) is 7.05 Å². The van der Waals surface area contributed by atoms with Crippen molar-refractivity contribution in [3.05, 3.63) is 42.2 Å². The number of nitrogens with one attached hydrogen (secondary N) is 3. The number of aromatic nitrogens is 5. The molecule has 5 rings (SSSR count). The second-order valence-electron chi connectivity index (χ2n) is 9.48. The number of carbonyl (C=O) groups is 1. The molecule has 5 heterocycles. The Bertz CT molecular complexity index is 1400. The van der Waals surface area contributed by atoms with E-state index < -0.39 is 5.60 Å². The van der Waals surface area contributed by atoms with Crippen molar-refractivity contribution >= 4 is 34.8 Å². The number of hydrogen-bond acceptors (Lipinski definition) is 10. The average molecular weight is 506 g/mol. The molecule has 0 radical (unpaired) electrons. The number of aliphatic hydroxyl groups is 1. The number of aryl methyl sites for hydroxylation is 1. The molecular formula is C25H31N9O3. The summed E-state index contributed by atoms with van der Waals surface area (Å²) in [6.45, 7) is 4.32. The van der Waals surface area contributed by atoms with Crippen molar-refractivity contribution in [3.63, 3.8) is 0 Å². The van der Waals surface area contributed by atoms with Crippen molar-refractivity contribution in [3.8, 4) is 11.3 Å². The van der Waals surface area contributed by atoms with E-state index in [-0.39, 0.29) is 5.91 Å². The number of rotatable bonds is 8. The van der Waals surface area contributed by atoms with E-state index in [9.17, 15) is 9.90 Å². The fourth-order valence-corrected chi connectivity index (χ4v) is 4.23. The van der Waals surface area contributed by atoms with Crippen molar-refractivity contribution in [2.24, 2.45) is 7.05 Å². The molecule has 1 amide bonds. The van der Waals surface area contributed by atoms with Crippen LogP contribution in [0, 0.1) is 0 Å².